The second kappa shape index (κ2) is 10.1. The van der Waals surface area contributed by atoms with E-state index >= 15 is 0 Å². The van der Waals surface area contributed by atoms with Gasteiger partial charge < -0.3 is 4.74 Å². The second-order valence-electron chi connectivity index (χ2n) is 6.85. The summed E-state index contributed by atoms with van der Waals surface area (Å²) in [5.74, 6) is 0. The molecule has 138 valence electrons. The largest absolute Gasteiger partial charge is 0.382 e. The molecule has 0 bridgehead atoms. The Hall–Kier alpha value is -2.17. The monoisotopic (exact) mass is 351 g/mol. The molecule has 2 aromatic carbocycles. The van der Waals surface area contributed by atoms with Crippen molar-refractivity contribution in [2.24, 2.45) is 5.10 Å². The van der Waals surface area contributed by atoms with E-state index in [1.165, 1.54) is 24.0 Å². The molecule has 0 N–H and O–H groups in total. The van der Waals surface area contributed by atoms with Gasteiger partial charge in [0, 0.05) is 39.5 Å². The highest BCUT2D eigenvalue weighted by atomic mass is 16.5. The predicted octanol–water partition coefficient (Wildman–Crippen LogP) is 3.79. The molecule has 1 atom stereocenters. The Bertz CT molecular complexity index is 618. The first kappa shape index (κ1) is 18.6. The summed E-state index contributed by atoms with van der Waals surface area (Å²) in [6.07, 6.45) is 4.42. The maximum absolute atomic E-state index is 5.32. The molecule has 1 aliphatic rings. The van der Waals surface area contributed by atoms with Crippen LogP contribution in [-0.4, -0.2) is 49.0 Å². The lowest BCUT2D eigenvalue weighted by atomic mass is 10.1. The highest BCUT2D eigenvalue weighted by molar-refractivity contribution is 5.59. The van der Waals surface area contributed by atoms with Crippen LogP contribution in [0.15, 0.2) is 65.8 Å². The summed E-state index contributed by atoms with van der Waals surface area (Å²) < 4.78 is 5.32. The van der Waals surface area contributed by atoms with Gasteiger partial charge in [-0.3, -0.25) is 9.91 Å². The van der Waals surface area contributed by atoms with Crippen LogP contribution in [-0.2, 0) is 17.8 Å². The summed E-state index contributed by atoms with van der Waals surface area (Å²) in [6, 6.07) is 21.7. The first-order valence-electron chi connectivity index (χ1n) is 9.43. The minimum atomic E-state index is 0.424. The Morgan fingerprint density at radius 2 is 1.65 bits per heavy atom. The van der Waals surface area contributed by atoms with Gasteiger partial charge in [0.25, 0.3) is 0 Å². The second-order valence-corrected chi connectivity index (χ2v) is 6.85. The summed E-state index contributed by atoms with van der Waals surface area (Å²) in [7, 11) is 1.77. The van der Waals surface area contributed by atoms with E-state index in [1.54, 1.807) is 7.11 Å². The van der Waals surface area contributed by atoms with E-state index in [4.69, 9.17) is 9.84 Å². The van der Waals surface area contributed by atoms with Gasteiger partial charge in [0.2, 0.25) is 0 Å². The Morgan fingerprint density at radius 1 is 1.04 bits per heavy atom. The van der Waals surface area contributed by atoms with Gasteiger partial charge in [0.15, 0.2) is 0 Å². The summed E-state index contributed by atoms with van der Waals surface area (Å²) in [5.41, 5.74) is 2.66. The molecule has 26 heavy (non-hydrogen) atoms. The van der Waals surface area contributed by atoms with Gasteiger partial charge in [0.05, 0.1) is 12.6 Å². The summed E-state index contributed by atoms with van der Waals surface area (Å²) in [4.78, 5) is 2.43. The van der Waals surface area contributed by atoms with E-state index in [0.29, 0.717) is 6.04 Å². The van der Waals surface area contributed by atoms with Gasteiger partial charge in [-0.25, -0.2) is 0 Å². The van der Waals surface area contributed by atoms with E-state index in [9.17, 15) is 0 Å². The van der Waals surface area contributed by atoms with Crippen LogP contribution in [0.25, 0.3) is 0 Å². The zero-order valence-corrected chi connectivity index (χ0v) is 15.6. The fourth-order valence-electron chi connectivity index (χ4n) is 3.46. The molecule has 0 unspecified atom stereocenters. The maximum Gasteiger partial charge on any atom is 0.0704 e. The van der Waals surface area contributed by atoms with Crippen LogP contribution >= 0.6 is 0 Å². The van der Waals surface area contributed by atoms with Crippen molar-refractivity contribution in [1.29, 1.82) is 0 Å². The van der Waals surface area contributed by atoms with Gasteiger partial charge >= 0.3 is 0 Å². The van der Waals surface area contributed by atoms with Crippen LogP contribution in [0.2, 0.25) is 0 Å². The average molecular weight is 351 g/mol. The predicted molar refractivity (Wildman–Crippen MR) is 107 cm³/mol. The quantitative estimate of drug-likeness (QED) is 0.644. The van der Waals surface area contributed by atoms with Gasteiger partial charge in [-0.15, -0.1) is 0 Å². The number of methoxy groups -OCH3 is 1. The molecule has 0 radical (unpaired) electrons. The Balaban J connectivity index is 1.62. The number of ether oxygens (including phenoxy) is 1. The van der Waals surface area contributed by atoms with Crippen molar-refractivity contribution in [1.82, 2.24) is 9.91 Å². The third kappa shape index (κ3) is 5.68. The molecule has 3 rings (SSSR count). The fraction of sp³-hybridized carbons (Fsp3) is 0.409. The van der Waals surface area contributed by atoms with Crippen LogP contribution in [0.1, 0.15) is 24.0 Å². The molecule has 1 heterocycles. The number of nitrogens with zero attached hydrogens (tertiary/aromatic N) is 3. The molecular weight excluding hydrogens is 322 g/mol. The maximum atomic E-state index is 5.32. The normalized spacial score (nSPS) is 17.5. The molecule has 1 aliphatic heterocycles. The lowest BCUT2D eigenvalue weighted by molar-refractivity contribution is 0.118. The standard InChI is InChI=1S/C22H29N3O/c1-26-19-22-13-8-15-25(22)23-14-16-24(17-20-9-4-2-5-10-20)18-21-11-6-3-7-12-21/h2-7,9-12,14,22H,8,13,15-19H2,1H3/b23-14+/t22-/m0/s1. The Morgan fingerprint density at radius 3 is 2.23 bits per heavy atom. The van der Waals surface area contributed by atoms with E-state index < -0.39 is 0 Å². The molecule has 0 spiro atoms. The number of hydrogen-bond acceptors (Lipinski definition) is 4. The van der Waals surface area contributed by atoms with Crippen LogP contribution < -0.4 is 0 Å². The molecule has 0 aromatic heterocycles. The highest BCUT2D eigenvalue weighted by Gasteiger charge is 2.22. The van der Waals surface area contributed by atoms with Crippen LogP contribution in [0.3, 0.4) is 0 Å². The summed E-state index contributed by atoms with van der Waals surface area (Å²) in [5, 5.41) is 6.92. The van der Waals surface area contributed by atoms with Gasteiger partial charge in [-0.1, -0.05) is 60.7 Å². The van der Waals surface area contributed by atoms with Crippen molar-refractivity contribution in [3.8, 4) is 0 Å². The van der Waals surface area contributed by atoms with E-state index in [-0.39, 0.29) is 0 Å². The molecule has 0 amide bonds. The minimum Gasteiger partial charge on any atom is -0.382 e. The molecule has 1 saturated heterocycles. The van der Waals surface area contributed by atoms with Crippen molar-refractivity contribution in [2.45, 2.75) is 32.0 Å². The van der Waals surface area contributed by atoms with Crippen LogP contribution in [0, 0.1) is 0 Å². The first-order valence-corrected chi connectivity index (χ1v) is 9.43. The third-order valence-corrected chi connectivity index (χ3v) is 4.77. The molecular formula is C22H29N3O. The van der Waals surface area contributed by atoms with Crippen molar-refractivity contribution < 1.29 is 4.74 Å². The van der Waals surface area contributed by atoms with Crippen molar-refractivity contribution in [3.05, 3.63) is 71.8 Å². The van der Waals surface area contributed by atoms with E-state index in [0.717, 1.165) is 32.8 Å². The van der Waals surface area contributed by atoms with Crippen molar-refractivity contribution in [3.63, 3.8) is 0 Å². The molecule has 4 nitrogen and oxygen atoms in total. The van der Waals surface area contributed by atoms with Gasteiger partial charge in [0.1, 0.15) is 0 Å². The zero-order chi connectivity index (χ0) is 18.0. The number of benzene rings is 2. The minimum absolute atomic E-state index is 0.424. The van der Waals surface area contributed by atoms with Crippen molar-refractivity contribution >= 4 is 6.21 Å². The van der Waals surface area contributed by atoms with E-state index in [1.807, 2.05) is 0 Å². The number of hydrazone groups is 1. The fourth-order valence-corrected chi connectivity index (χ4v) is 3.46. The molecule has 2 aromatic rings. The lowest BCUT2D eigenvalue weighted by Gasteiger charge is -2.23. The molecule has 0 saturated carbocycles. The Labute approximate surface area is 157 Å². The average Bonchev–Trinajstić information content (AvgIpc) is 3.11. The highest BCUT2D eigenvalue weighted by Crippen LogP contribution is 2.17. The first-order chi connectivity index (χ1) is 12.8. The summed E-state index contributed by atoms with van der Waals surface area (Å²) >= 11 is 0. The van der Waals surface area contributed by atoms with Crippen LogP contribution in [0.5, 0.6) is 0 Å². The van der Waals surface area contributed by atoms with Gasteiger partial charge in [-0.2, -0.15) is 5.10 Å². The molecule has 1 fully saturated rings. The SMILES string of the molecule is COC[C@@H]1CCCN1/N=C/CN(Cc1ccccc1)Cc1ccccc1. The van der Waals surface area contributed by atoms with Gasteiger partial charge in [-0.05, 0) is 24.0 Å². The third-order valence-electron chi connectivity index (χ3n) is 4.77. The molecule has 0 aliphatic carbocycles. The number of rotatable bonds is 9. The number of hydrogen-bond donors (Lipinski definition) is 0. The smallest absolute Gasteiger partial charge is 0.0704 e. The molecule has 4 heteroatoms. The van der Waals surface area contributed by atoms with Crippen molar-refractivity contribution in [2.75, 3.05) is 26.8 Å². The lowest BCUT2D eigenvalue weighted by Crippen LogP contribution is -2.30. The Kier molecular flexibility index (Phi) is 7.23. The van der Waals surface area contributed by atoms with Crippen LogP contribution in [0.4, 0.5) is 0 Å². The van der Waals surface area contributed by atoms with E-state index in [2.05, 4.69) is 76.8 Å². The topological polar surface area (TPSA) is 28.1 Å². The summed E-state index contributed by atoms with van der Waals surface area (Å²) in [6.45, 7) is 4.46. The zero-order valence-electron chi connectivity index (χ0n) is 15.6.